The molecule has 0 fully saturated rings. The van der Waals surface area contributed by atoms with Gasteiger partial charge in [-0.1, -0.05) is 17.7 Å². The topological polar surface area (TPSA) is 75.3 Å². The first-order valence-corrected chi connectivity index (χ1v) is 6.54. The van der Waals surface area contributed by atoms with Crippen LogP contribution in [-0.2, 0) is 0 Å². The Kier molecular flexibility index (Phi) is 4.12. The molecule has 2 aromatic rings. The number of hydrogen-bond acceptors (Lipinski definition) is 3. The van der Waals surface area contributed by atoms with Crippen LogP contribution >= 0.6 is 0 Å². The van der Waals surface area contributed by atoms with Crippen molar-refractivity contribution < 1.29 is 14.3 Å². The summed E-state index contributed by atoms with van der Waals surface area (Å²) in [5.74, 6) is -0.977. The number of nitrogens with two attached hydrogens (primary N) is 1. The molecule has 0 aliphatic heterocycles. The minimum Gasteiger partial charge on any atom is -0.508 e. The maximum atomic E-state index is 13.8. The van der Waals surface area contributed by atoms with E-state index in [-0.39, 0.29) is 23.0 Å². The average molecular weight is 288 g/mol. The summed E-state index contributed by atoms with van der Waals surface area (Å²) in [6.07, 6.45) is 0. The molecule has 0 aromatic heterocycles. The number of phenolic OH excluding ortho intramolecular Hbond substituents is 1. The number of aromatic hydroxyl groups is 1. The molecule has 0 aliphatic rings. The van der Waals surface area contributed by atoms with Crippen LogP contribution in [0.1, 0.15) is 34.5 Å². The van der Waals surface area contributed by atoms with Crippen LogP contribution in [0.3, 0.4) is 0 Å². The molecular weight excluding hydrogens is 271 g/mol. The van der Waals surface area contributed by atoms with E-state index in [4.69, 9.17) is 5.73 Å². The Morgan fingerprint density at radius 3 is 2.67 bits per heavy atom. The number of rotatable bonds is 4. The van der Waals surface area contributed by atoms with Crippen LogP contribution in [0.25, 0.3) is 0 Å². The first-order valence-electron chi connectivity index (χ1n) is 6.54. The predicted molar refractivity (Wildman–Crippen MR) is 79.8 cm³/mol. The SMILES string of the molecule is Cc1ccc(O)c(C(C)Nc2cc(C(N)=O)ccc2F)c1. The maximum absolute atomic E-state index is 13.8. The Bertz CT molecular complexity index is 686. The lowest BCUT2D eigenvalue weighted by atomic mass is 10.0. The summed E-state index contributed by atoms with van der Waals surface area (Å²) in [5, 5.41) is 12.8. The number of anilines is 1. The Balaban J connectivity index is 2.31. The van der Waals surface area contributed by atoms with E-state index in [1.54, 1.807) is 19.1 Å². The van der Waals surface area contributed by atoms with Crippen LogP contribution in [0, 0.1) is 12.7 Å². The van der Waals surface area contributed by atoms with Gasteiger partial charge < -0.3 is 16.2 Å². The van der Waals surface area contributed by atoms with E-state index in [9.17, 15) is 14.3 Å². The van der Waals surface area contributed by atoms with Gasteiger partial charge in [0, 0.05) is 11.1 Å². The highest BCUT2D eigenvalue weighted by Crippen LogP contribution is 2.29. The number of aryl methyl sites for hydroxylation is 1. The molecule has 1 unspecified atom stereocenters. The second-order valence-electron chi connectivity index (χ2n) is 4.99. The van der Waals surface area contributed by atoms with Gasteiger partial charge in [-0.2, -0.15) is 0 Å². The number of carbonyl (C=O) groups is 1. The second kappa shape index (κ2) is 5.83. The maximum Gasteiger partial charge on any atom is 0.248 e. The van der Waals surface area contributed by atoms with Gasteiger partial charge >= 0.3 is 0 Å². The summed E-state index contributed by atoms with van der Waals surface area (Å²) in [5.41, 5.74) is 7.22. The number of nitrogens with one attached hydrogen (secondary N) is 1. The molecule has 110 valence electrons. The lowest BCUT2D eigenvalue weighted by Gasteiger charge is -2.18. The van der Waals surface area contributed by atoms with Crippen LogP contribution < -0.4 is 11.1 Å². The Morgan fingerprint density at radius 1 is 1.29 bits per heavy atom. The minimum atomic E-state index is -0.621. The van der Waals surface area contributed by atoms with E-state index >= 15 is 0 Å². The Morgan fingerprint density at radius 2 is 2.00 bits per heavy atom. The first kappa shape index (κ1) is 14.8. The fraction of sp³-hybridized carbons (Fsp3) is 0.188. The van der Waals surface area contributed by atoms with Crippen LogP contribution in [0.5, 0.6) is 5.75 Å². The summed E-state index contributed by atoms with van der Waals surface area (Å²) in [6, 6.07) is 8.76. The highest BCUT2D eigenvalue weighted by molar-refractivity contribution is 5.93. The number of hydrogen-bond donors (Lipinski definition) is 3. The molecule has 21 heavy (non-hydrogen) atoms. The summed E-state index contributed by atoms with van der Waals surface area (Å²) >= 11 is 0. The third-order valence-corrected chi connectivity index (χ3v) is 3.27. The third kappa shape index (κ3) is 3.31. The molecule has 4 N–H and O–H groups in total. The van der Waals surface area contributed by atoms with Gasteiger partial charge in [0.25, 0.3) is 0 Å². The average Bonchev–Trinajstić information content (AvgIpc) is 2.43. The van der Waals surface area contributed by atoms with Gasteiger partial charge in [-0.25, -0.2) is 4.39 Å². The van der Waals surface area contributed by atoms with Crippen LogP contribution in [0.4, 0.5) is 10.1 Å². The highest BCUT2D eigenvalue weighted by Gasteiger charge is 2.14. The summed E-state index contributed by atoms with van der Waals surface area (Å²) in [7, 11) is 0. The molecule has 0 saturated heterocycles. The number of halogens is 1. The second-order valence-corrected chi connectivity index (χ2v) is 4.99. The van der Waals surface area contributed by atoms with Gasteiger partial charge in [0.05, 0.1) is 11.7 Å². The van der Waals surface area contributed by atoms with Crippen molar-refractivity contribution in [2.75, 3.05) is 5.32 Å². The molecule has 2 rings (SSSR count). The summed E-state index contributed by atoms with van der Waals surface area (Å²) < 4.78 is 13.8. The molecule has 0 radical (unpaired) electrons. The molecule has 0 aliphatic carbocycles. The van der Waals surface area contributed by atoms with Gasteiger partial charge in [-0.3, -0.25) is 4.79 Å². The smallest absolute Gasteiger partial charge is 0.248 e. The quantitative estimate of drug-likeness (QED) is 0.809. The lowest BCUT2D eigenvalue weighted by Crippen LogP contribution is -2.13. The highest BCUT2D eigenvalue weighted by atomic mass is 19.1. The molecule has 0 heterocycles. The van der Waals surface area contributed by atoms with Crippen molar-refractivity contribution >= 4 is 11.6 Å². The normalized spacial score (nSPS) is 12.0. The molecule has 0 saturated carbocycles. The number of phenols is 1. The van der Waals surface area contributed by atoms with Crippen molar-refractivity contribution in [1.29, 1.82) is 0 Å². The summed E-state index contributed by atoms with van der Waals surface area (Å²) in [6.45, 7) is 3.70. The zero-order valence-electron chi connectivity index (χ0n) is 11.9. The largest absolute Gasteiger partial charge is 0.508 e. The monoisotopic (exact) mass is 288 g/mol. The minimum absolute atomic E-state index is 0.132. The van der Waals surface area contributed by atoms with E-state index in [1.165, 1.54) is 18.2 Å². The molecule has 1 atom stereocenters. The van der Waals surface area contributed by atoms with Gasteiger partial charge in [0.2, 0.25) is 5.91 Å². The van der Waals surface area contributed by atoms with Crippen molar-refractivity contribution in [2.45, 2.75) is 19.9 Å². The number of amides is 1. The van der Waals surface area contributed by atoms with Crippen molar-refractivity contribution in [1.82, 2.24) is 0 Å². The van der Waals surface area contributed by atoms with Gasteiger partial charge in [-0.05, 0) is 38.1 Å². The van der Waals surface area contributed by atoms with Gasteiger partial charge in [0.1, 0.15) is 11.6 Å². The molecular formula is C16H17FN2O2. The summed E-state index contributed by atoms with van der Waals surface area (Å²) in [4.78, 5) is 11.2. The van der Waals surface area contributed by atoms with Gasteiger partial charge in [-0.15, -0.1) is 0 Å². The molecule has 5 heteroatoms. The number of benzene rings is 2. The standard InChI is InChI=1S/C16H17FN2O2/c1-9-3-6-15(20)12(7-9)10(2)19-14-8-11(16(18)21)4-5-13(14)17/h3-8,10,19-20H,1-2H3,(H2,18,21). The molecule has 0 bridgehead atoms. The Labute approximate surface area is 122 Å². The van der Waals surface area contributed by atoms with Crippen molar-refractivity contribution in [2.24, 2.45) is 5.73 Å². The van der Waals surface area contributed by atoms with Crippen LogP contribution in [-0.4, -0.2) is 11.0 Å². The molecule has 4 nitrogen and oxygen atoms in total. The lowest BCUT2D eigenvalue weighted by molar-refractivity contribution is 0.100. The van der Waals surface area contributed by atoms with Gasteiger partial charge in [0.15, 0.2) is 0 Å². The van der Waals surface area contributed by atoms with Crippen molar-refractivity contribution in [3.8, 4) is 5.75 Å². The number of primary amides is 1. The van der Waals surface area contributed by atoms with Crippen molar-refractivity contribution in [3.05, 3.63) is 58.9 Å². The Hall–Kier alpha value is -2.56. The molecule has 2 aromatic carbocycles. The van der Waals surface area contributed by atoms with E-state index in [2.05, 4.69) is 5.32 Å². The van der Waals surface area contributed by atoms with E-state index in [1.807, 2.05) is 13.0 Å². The van der Waals surface area contributed by atoms with E-state index in [0.717, 1.165) is 5.56 Å². The fourth-order valence-electron chi connectivity index (χ4n) is 2.12. The van der Waals surface area contributed by atoms with Crippen LogP contribution in [0.2, 0.25) is 0 Å². The van der Waals surface area contributed by atoms with Crippen LogP contribution in [0.15, 0.2) is 36.4 Å². The number of carbonyl (C=O) groups excluding carboxylic acids is 1. The zero-order valence-corrected chi connectivity index (χ0v) is 11.9. The van der Waals surface area contributed by atoms with E-state index < -0.39 is 11.7 Å². The first-order chi connectivity index (χ1) is 9.88. The fourth-order valence-corrected chi connectivity index (χ4v) is 2.12. The van der Waals surface area contributed by atoms with Crippen molar-refractivity contribution in [3.63, 3.8) is 0 Å². The molecule has 0 spiro atoms. The third-order valence-electron chi connectivity index (χ3n) is 3.27. The molecule has 1 amide bonds. The van der Waals surface area contributed by atoms with E-state index in [0.29, 0.717) is 5.56 Å². The predicted octanol–water partition coefficient (Wildman–Crippen LogP) is 3.11. The zero-order chi connectivity index (χ0) is 15.6.